The summed E-state index contributed by atoms with van der Waals surface area (Å²) in [4.78, 5) is 4.07. The summed E-state index contributed by atoms with van der Waals surface area (Å²) >= 11 is 0. The minimum atomic E-state index is -4.33. The first kappa shape index (κ1) is 13.1. The van der Waals surface area contributed by atoms with E-state index >= 15 is 0 Å². The average Bonchev–Trinajstić information content (AvgIpc) is 2.80. The smallest absolute Gasteiger partial charge is 0.388 e. The van der Waals surface area contributed by atoms with Crippen molar-refractivity contribution in [3.8, 4) is 11.1 Å². The van der Waals surface area contributed by atoms with Crippen LogP contribution in [0.25, 0.3) is 11.1 Å². The Bertz CT molecular complexity index is 635. The van der Waals surface area contributed by atoms with Crippen molar-refractivity contribution in [2.45, 2.75) is 25.1 Å². The molecule has 1 N–H and O–H groups in total. The normalized spacial score (nSPS) is 18.1. The number of nitrogens with zero attached hydrogens (tertiary/aromatic N) is 1. The van der Waals surface area contributed by atoms with Crippen LogP contribution in [0.2, 0.25) is 0 Å². The highest BCUT2D eigenvalue weighted by atomic mass is 19.4. The summed E-state index contributed by atoms with van der Waals surface area (Å²) in [5.74, 6) is 0. The minimum absolute atomic E-state index is 0.521. The number of rotatable bonds is 1. The van der Waals surface area contributed by atoms with Crippen molar-refractivity contribution in [1.82, 2.24) is 4.98 Å². The predicted octanol–water partition coefficient (Wildman–Crippen LogP) is 3.75. The number of aliphatic hydroxyl groups is 1. The molecule has 0 bridgehead atoms. The molecule has 104 valence electrons. The van der Waals surface area contributed by atoms with Crippen molar-refractivity contribution >= 4 is 0 Å². The Hall–Kier alpha value is -1.88. The molecule has 1 aromatic carbocycles. The molecule has 1 heterocycles. The molecule has 0 fully saturated rings. The molecule has 0 saturated heterocycles. The maximum absolute atomic E-state index is 12.5. The Morgan fingerprint density at radius 1 is 1.10 bits per heavy atom. The highest BCUT2D eigenvalue weighted by Crippen LogP contribution is 2.37. The summed E-state index contributed by atoms with van der Waals surface area (Å²) in [6.07, 6.45) is -0.234. The van der Waals surface area contributed by atoms with E-state index in [1.165, 1.54) is 12.1 Å². The maximum atomic E-state index is 12.5. The number of fused-ring (bicyclic) bond motifs is 1. The fourth-order valence-corrected chi connectivity index (χ4v) is 2.59. The van der Waals surface area contributed by atoms with Gasteiger partial charge in [-0.25, -0.2) is 0 Å². The van der Waals surface area contributed by atoms with Crippen LogP contribution in [0.3, 0.4) is 0 Å². The van der Waals surface area contributed by atoms with Gasteiger partial charge in [0.1, 0.15) is 0 Å². The van der Waals surface area contributed by atoms with E-state index < -0.39 is 17.8 Å². The van der Waals surface area contributed by atoms with Gasteiger partial charge in [-0.2, -0.15) is 13.2 Å². The van der Waals surface area contributed by atoms with Crippen LogP contribution in [0.15, 0.2) is 36.7 Å². The van der Waals surface area contributed by atoms with Crippen molar-refractivity contribution < 1.29 is 18.3 Å². The van der Waals surface area contributed by atoms with Gasteiger partial charge < -0.3 is 5.11 Å². The van der Waals surface area contributed by atoms with Gasteiger partial charge in [-0.1, -0.05) is 12.1 Å². The molecule has 1 aliphatic rings. The van der Waals surface area contributed by atoms with Gasteiger partial charge in [0.15, 0.2) is 0 Å². The summed E-state index contributed by atoms with van der Waals surface area (Å²) in [7, 11) is 0. The summed E-state index contributed by atoms with van der Waals surface area (Å²) in [6.45, 7) is 0. The third-order valence-corrected chi connectivity index (χ3v) is 3.64. The molecule has 0 spiro atoms. The lowest BCUT2D eigenvalue weighted by Gasteiger charge is -2.11. The first-order valence-corrected chi connectivity index (χ1v) is 6.29. The lowest BCUT2D eigenvalue weighted by Crippen LogP contribution is -2.04. The Morgan fingerprint density at radius 3 is 2.45 bits per heavy atom. The zero-order valence-corrected chi connectivity index (χ0v) is 10.5. The van der Waals surface area contributed by atoms with Gasteiger partial charge in [0.05, 0.1) is 11.7 Å². The zero-order valence-electron chi connectivity index (χ0n) is 10.5. The molecule has 1 aromatic heterocycles. The Labute approximate surface area is 113 Å². The number of alkyl halides is 3. The number of hydrogen-bond acceptors (Lipinski definition) is 2. The summed E-state index contributed by atoms with van der Waals surface area (Å²) < 4.78 is 37.6. The van der Waals surface area contributed by atoms with E-state index in [2.05, 4.69) is 4.98 Å². The highest BCUT2D eigenvalue weighted by Gasteiger charge is 2.30. The summed E-state index contributed by atoms with van der Waals surface area (Å²) in [6, 6.07) is 5.04. The zero-order chi connectivity index (χ0) is 14.3. The van der Waals surface area contributed by atoms with Gasteiger partial charge in [0, 0.05) is 23.5 Å². The fraction of sp³-hybridized carbons (Fsp3) is 0.267. The Morgan fingerprint density at radius 2 is 1.80 bits per heavy atom. The molecule has 2 aromatic rings. The van der Waals surface area contributed by atoms with E-state index in [9.17, 15) is 18.3 Å². The van der Waals surface area contributed by atoms with E-state index in [-0.39, 0.29) is 0 Å². The Balaban J connectivity index is 2.03. The maximum Gasteiger partial charge on any atom is 0.416 e. The predicted molar refractivity (Wildman–Crippen MR) is 68.0 cm³/mol. The van der Waals surface area contributed by atoms with Crippen LogP contribution in [0.4, 0.5) is 13.2 Å². The van der Waals surface area contributed by atoms with Gasteiger partial charge in [0.2, 0.25) is 0 Å². The lowest BCUT2D eigenvalue weighted by molar-refractivity contribution is -0.137. The van der Waals surface area contributed by atoms with E-state index in [0.717, 1.165) is 35.2 Å². The summed E-state index contributed by atoms with van der Waals surface area (Å²) in [5, 5.41) is 9.81. The number of pyridine rings is 1. The lowest BCUT2D eigenvalue weighted by atomic mass is 9.98. The second-order valence-electron chi connectivity index (χ2n) is 4.88. The van der Waals surface area contributed by atoms with Gasteiger partial charge >= 0.3 is 6.18 Å². The largest absolute Gasteiger partial charge is 0.416 e. The quantitative estimate of drug-likeness (QED) is 0.862. The van der Waals surface area contributed by atoms with E-state index in [1.807, 2.05) is 0 Å². The number of benzene rings is 1. The van der Waals surface area contributed by atoms with Crippen molar-refractivity contribution in [2.75, 3.05) is 0 Å². The molecular weight excluding hydrogens is 267 g/mol. The van der Waals surface area contributed by atoms with Crippen LogP contribution in [-0.2, 0) is 12.6 Å². The molecule has 2 nitrogen and oxygen atoms in total. The molecule has 0 amide bonds. The molecule has 20 heavy (non-hydrogen) atoms. The van der Waals surface area contributed by atoms with E-state index in [4.69, 9.17) is 0 Å². The standard InChI is InChI=1S/C15H12F3NO/c16-15(17,18)10-3-1-9(2-4-10)12-7-19-8-13-11(12)5-6-14(13)20/h1-4,7-8,14,20H,5-6H2. The van der Waals surface area contributed by atoms with Crippen molar-refractivity contribution in [1.29, 1.82) is 0 Å². The molecule has 1 unspecified atom stereocenters. The topological polar surface area (TPSA) is 33.1 Å². The van der Waals surface area contributed by atoms with Crippen molar-refractivity contribution in [3.63, 3.8) is 0 Å². The molecule has 1 aliphatic carbocycles. The first-order chi connectivity index (χ1) is 9.47. The van der Waals surface area contributed by atoms with Crippen LogP contribution < -0.4 is 0 Å². The van der Waals surface area contributed by atoms with E-state index in [1.54, 1.807) is 12.4 Å². The summed E-state index contributed by atoms with van der Waals surface area (Å²) in [5.41, 5.74) is 2.58. The molecular formula is C15H12F3NO. The molecule has 0 radical (unpaired) electrons. The molecule has 0 saturated carbocycles. The molecule has 3 rings (SSSR count). The van der Waals surface area contributed by atoms with Crippen molar-refractivity contribution in [2.24, 2.45) is 0 Å². The van der Waals surface area contributed by atoms with Crippen LogP contribution in [0.1, 0.15) is 29.2 Å². The number of hydrogen-bond donors (Lipinski definition) is 1. The van der Waals surface area contributed by atoms with Crippen LogP contribution in [-0.4, -0.2) is 10.1 Å². The van der Waals surface area contributed by atoms with E-state index in [0.29, 0.717) is 12.0 Å². The van der Waals surface area contributed by atoms with Gasteiger partial charge in [-0.3, -0.25) is 4.98 Å². The van der Waals surface area contributed by atoms with Gasteiger partial charge in [0.25, 0.3) is 0 Å². The number of aliphatic hydroxyl groups excluding tert-OH is 1. The molecule has 0 aliphatic heterocycles. The minimum Gasteiger partial charge on any atom is -0.388 e. The number of halogens is 3. The van der Waals surface area contributed by atoms with Crippen LogP contribution >= 0.6 is 0 Å². The first-order valence-electron chi connectivity index (χ1n) is 6.29. The second-order valence-corrected chi connectivity index (χ2v) is 4.88. The van der Waals surface area contributed by atoms with Crippen LogP contribution in [0.5, 0.6) is 0 Å². The molecule has 5 heteroatoms. The van der Waals surface area contributed by atoms with Crippen LogP contribution in [0, 0.1) is 0 Å². The average molecular weight is 279 g/mol. The monoisotopic (exact) mass is 279 g/mol. The third-order valence-electron chi connectivity index (χ3n) is 3.64. The second kappa shape index (κ2) is 4.59. The highest BCUT2D eigenvalue weighted by molar-refractivity contribution is 5.69. The fourth-order valence-electron chi connectivity index (χ4n) is 2.59. The SMILES string of the molecule is OC1CCc2c(-c3ccc(C(F)(F)F)cc3)cncc21. The Kier molecular flexibility index (Phi) is 3.01. The number of aromatic nitrogens is 1. The third kappa shape index (κ3) is 2.18. The van der Waals surface area contributed by atoms with Gasteiger partial charge in [-0.15, -0.1) is 0 Å². The van der Waals surface area contributed by atoms with Gasteiger partial charge in [-0.05, 0) is 36.1 Å². The molecule has 1 atom stereocenters. The van der Waals surface area contributed by atoms with Crippen molar-refractivity contribution in [3.05, 3.63) is 53.3 Å².